The Kier molecular flexibility index (Phi) is 5.44. The molecule has 0 aromatic heterocycles. The molecule has 0 saturated heterocycles. The number of ketones is 1. The van der Waals surface area contributed by atoms with Crippen LogP contribution < -0.4 is 4.74 Å². The van der Waals surface area contributed by atoms with Crippen LogP contribution in [-0.4, -0.2) is 12.4 Å². The average molecular weight is 260 g/mol. The molecule has 0 atom stereocenters. The van der Waals surface area contributed by atoms with E-state index in [1.165, 1.54) is 25.7 Å². The first kappa shape index (κ1) is 14.1. The van der Waals surface area contributed by atoms with Crippen LogP contribution in [0.3, 0.4) is 0 Å². The maximum Gasteiger partial charge on any atom is 0.163 e. The van der Waals surface area contributed by atoms with E-state index in [0.717, 1.165) is 42.7 Å². The van der Waals surface area contributed by atoms with Gasteiger partial charge in [-0.1, -0.05) is 44.7 Å². The zero-order valence-electron chi connectivity index (χ0n) is 11.9. The summed E-state index contributed by atoms with van der Waals surface area (Å²) in [6, 6.07) is 5.88. The first-order chi connectivity index (χ1) is 9.33. The number of rotatable bonds is 7. The van der Waals surface area contributed by atoms with E-state index < -0.39 is 0 Å². The van der Waals surface area contributed by atoms with Crippen molar-refractivity contribution in [2.24, 2.45) is 0 Å². The molecule has 0 unspecified atom stereocenters. The molecule has 2 rings (SSSR count). The third kappa shape index (κ3) is 3.82. The van der Waals surface area contributed by atoms with Gasteiger partial charge in [0.15, 0.2) is 5.78 Å². The number of fused-ring (bicyclic) bond motifs is 1. The fourth-order valence-corrected chi connectivity index (χ4v) is 2.67. The topological polar surface area (TPSA) is 26.3 Å². The van der Waals surface area contributed by atoms with E-state index in [1.807, 2.05) is 18.2 Å². The SMILES string of the molecule is CCCCCCCOc1cccc2c1CCCC2=O. The molecule has 19 heavy (non-hydrogen) atoms. The highest BCUT2D eigenvalue weighted by Gasteiger charge is 2.19. The normalized spacial score (nSPS) is 14.3. The number of benzene rings is 1. The molecule has 0 fully saturated rings. The summed E-state index contributed by atoms with van der Waals surface area (Å²) in [5, 5.41) is 0. The monoisotopic (exact) mass is 260 g/mol. The lowest BCUT2D eigenvalue weighted by atomic mass is 9.90. The highest BCUT2D eigenvalue weighted by atomic mass is 16.5. The Balaban J connectivity index is 1.87. The average Bonchev–Trinajstić information content (AvgIpc) is 2.43. The van der Waals surface area contributed by atoms with Crippen molar-refractivity contribution in [1.29, 1.82) is 0 Å². The molecular formula is C17H24O2. The molecule has 1 aliphatic carbocycles. The van der Waals surface area contributed by atoms with E-state index in [-0.39, 0.29) is 5.78 Å². The molecule has 0 N–H and O–H groups in total. The summed E-state index contributed by atoms with van der Waals surface area (Å²) in [6.45, 7) is 3.00. The molecule has 0 amide bonds. The molecule has 0 saturated carbocycles. The number of unbranched alkanes of at least 4 members (excludes halogenated alkanes) is 4. The van der Waals surface area contributed by atoms with Gasteiger partial charge in [-0.15, -0.1) is 0 Å². The zero-order chi connectivity index (χ0) is 13.5. The van der Waals surface area contributed by atoms with Crippen LogP contribution in [0.25, 0.3) is 0 Å². The lowest BCUT2D eigenvalue weighted by Gasteiger charge is -2.18. The maximum absolute atomic E-state index is 11.8. The molecule has 2 nitrogen and oxygen atoms in total. The number of carbonyl (C=O) groups excluding carboxylic acids is 1. The highest BCUT2D eigenvalue weighted by Crippen LogP contribution is 2.29. The van der Waals surface area contributed by atoms with Crippen LogP contribution >= 0.6 is 0 Å². The van der Waals surface area contributed by atoms with Crippen LogP contribution in [-0.2, 0) is 6.42 Å². The van der Waals surface area contributed by atoms with Gasteiger partial charge in [0.25, 0.3) is 0 Å². The molecule has 1 aliphatic rings. The smallest absolute Gasteiger partial charge is 0.163 e. The summed E-state index contributed by atoms with van der Waals surface area (Å²) < 4.78 is 5.88. The Morgan fingerprint density at radius 3 is 2.79 bits per heavy atom. The van der Waals surface area contributed by atoms with Crippen molar-refractivity contribution in [2.45, 2.75) is 58.3 Å². The predicted molar refractivity (Wildman–Crippen MR) is 78.0 cm³/mol. The van der Waals surface area contributed by atoms with Gasteiger partial charge in [0.05, 0.1) is 6.61 Å². The van der Waals surface area contributed by atoms with Gasteiger partial charge in [-0.25, -0.2) is 0 Å². The van der Waals surface area contributed by atoms with Gasteiger partial charge in [0.1, 0.15) is 5.75 Å². The van der Waals surface area contributed by atoms with Crippen molar-refractivity contribution in [3.8, 4) is 5.75 Å². The minimum atomic E-state index is 0.273. The van der Waals surface area contributed by atoms with Crippen LogP contribution in [0.1, 0.15) is 67.8 Å². The largest absolute Gasteiger partial charge is 0.493 e. The minimum Gasteiger partial charge on any atom is -0.493 e. The lowest BCUT2D eigenvalue weighted by Crippen LogP contribution is -2.12. The molecule has 2 heteroatoms. The van der Waals surface area contributed by atoms with Crippen LogP contribution in [0.4, 0.5) is 0 Å². The van der Waals surface area contributed by atoms with Gasteiger partial charge in [-0.3, -0.25) is 4.79 Å². The lowest BCUT2D eigenvalue weighted by molar-refractivity contribution is 0.0971. The van der Waals surface area contributed by atoms with Crippen molar-refractivity contribution < 1.29 is 9.53 Å². The molecule has 1 aromatic carbocycles. The Hall–Kier alpha value is -1.31. The minimum absolute atomic E-state index is 0.273. The quantitative estimate of drug-likeness (QED) is 0.672. The summed E-state index contributed by atoms with van der Waals surface area (Å²) in [7, 11) is 0. The Morgan fingerprint density at radius 1 is 1.11 bits per heavy atom. The highest BCUT2D eigenvalue weighted by molar-refractivity contribution is 5.99. The van der Waals surface area contributed by atoms with E-state index >= 15 is 0 Å². The van der Waals surface area contributed by atoms with Crippen molar-refractivity contribution in [2.75, 3.05) is 6.61 Å². The molecule has 104 valence electrons. The van der Waals surface area contributed by atoms with Gasteiger partial charge < -0.3 is 4.74 Å². The zero-order valence-corrected chi connectivity index (χ0v) is 11.9. The molecule has 0 radical (unpaired) electrons. The fraction of sp³-hybridized carbons (Fsp3) is 0.588. The first-order valence-corrected chi connectivity index (χ1v) is 7.61. The van der Waals surface area contributed by atoms with Gasteiger partial charge in [-0.05, 0) is 25.3 Å². The second kappa shape index (κ2) is 7.32. The second-order valence-electron chi connectivity index (χ2n) is 5.32. The maximum atomic E-state index is 11.8. The van der Waals surface area contributed by atoms with Crippen molar-refractivity contribution >= 4 is 5.78 Å². The van der Waals surface area contributed by atoms with Crippen LogP contribution in [0.5, 0.6) is 5.75 Å². The Bertz CT molecular complexity index is 423. The number of hydrogen-bond acceptors (Lipinski definition) is 2. The number of ether oxygens (including phenoxy) is 1. The van der Waals surface area contributed by atoms with Crippen LogP contribution in [0.15, 0.2) is 18.2 Å². The molecule has 1 aromatic rings. The molecular weight excluding hydrogens is 236 g/mol. The number of hydrogen-bond donors (Lipinski definition) is 0. The fourth-order valence-electron chi connectivity index (χ4n) is 2.67. The summed E-state index contributed by atoms with van der Waals surface area (Å²) >= 11 is 0. The van der Waals surface area contributed by atoms with Gasteiger partial charge in [0, 0.05) is 17.5 Å². The predicted octanol–water partition coefficient (Wildman–Crippen LogP) is 4.55. The van der Waals surface area contributed by atoms with E-state index in [9.17, 15) is 4.79 Å². The Morgan fingerprint density at radius 2 is 1.95 bits per heavy atom. The van der Waals surface area contributed by atoms with Crippen molar-refractivity contribution in [3.63, 3.8) is 0 Å². The van der Waals surface area contributed by atoms with E-state index in [0.29, 0.717) is 6.42 Å². The molecule has 0 bridgehead atoms. The summed E-state index contributed by atoms with van der Waals surface area (Å²) in [4.78, 5) is 11.8. The molecule has 0 aliphatic heterocycles. The first-order valence-electron chi connectivity index (χ1n) is 7.61. The third-order valence-electron chi connectivity index (χ3n) is 3.77. The standard InChI is InChI=1S/C17H24O2/c1-2-3-4-5-6-13-19-17-12-8-9-14-15(17)10-7-11-16(14)18/h8-9,12H,2-7,10-11,13H2,1H3. The van der Waals surface area contributed by atoms with E-state index in [1.54, 1.807) is 0 Å². The Labute approximate surface area is 116 Å². The van der Waals surface area contributed by atoms with Crippen LogP contribution in [0, 0.1) is 0 Å². The molecule has 0 heterocycles. The number of carbonyl (C=O) groups is 1. The van der Waals surface area contributed by atoms with Gasteiger partial charge in [-0.2, -0.15) is 0 Å². The van der Waals surface area contributed by atoms with Gasteiger partial charge in [0.2, 0.25) is 0 Å². The summed E-state index contributed by atoms with van der Waals surface area (Å²) in [5.41, 5.74) is 2.02. The summed E-state index contributed by atoms with van der Waals surface area (Å²) in [6.07, 6.45) is 8.86. The van der Waals surface area contributed by atoms with Crippen molar-refractivity contribution in [1.82, 2.24) is 0 Å². The number of Topliss-reactive ketones (excluding diaryl/α,β-unsaturated/α-hetero) is 1. The van der Waals surface area contributed by atoms with Gasteiger partial charge >= 0.3 is 0 Å². The van der Waals surface area contributed by atoms with E-state index in [4.69, 9.17) is 4.74 Å². The van der Waals surface area contributed by atoms with E-state index in [2.05, 4.69) is 6.92 Å². The second-order valence-corrected chi connectivity index (χ2v) is 5.32. The van der Waals surface area contributed by atoms with Crippen LogP contribution in [0.2, 0.25) is 0 Å². The van der Waals surface area contributed by atoms with Crippen molar-refractivity contribution in [3.05, 3.63) is 29.3 Å². The third-order valence-corrected chi connectivity index (χ3v) is 3.77. The molecule has 0 spiro atoms. The summed E-state index contributed by atoms with van der Waals surface area (Å²) in [5.74, 6) is 1.20.